The van der Waals surface area contributed by atoms with E-state index in [1.54, 1.807) is 18.2 Å². The van der Waals surface area contributed by atoms with Gasteiger partial charge in [-0.25, -0.2) is 0 Å². The monoisotopic (exact) mass is 373 g/mol. The third-order valence-electron chi connectivity index (χ3n) is 3.26. The van der Waals surface area contributed by atoms with E-state index in [1.165, 1.54) is 6.07 Å². The molecular formula is C15H10Cl3NO4. The van der Waals surface area contributed by atoms with Crippen molar-refractivity contribution in [1.82, 2.24) is 5.32 Å². The lowest BCUT2D eigenvalue weighted by Crippen LogP contribution is -2.23. The number of carbonyl (C=O) groups excluding carboxylic acids is 1. The summed E-state index contributed by atoms with van der Waals surface area (Å²) in [4.78, 5) is 12.3. The Morgan fingerprint density at radius 1 is 1.13 bits per heavy atom. The van der Waals surface area contributed by atoms with Gasteiger partial charge in [-0.2, -0.15) is 0 Å². The molecule has 0 bridgehead atoms. The molecule has 5 nitrogen and oxygen atoms in total. The van der Waals surface area contributed by atoms with Crippen LogP contribution in [0.25, 0.3) is 0 Å². The molecule has 2 aromatic carbocycles. The zero-order chi connectivity index (χ0) is 16.6. The number of halogens is 3. The van der Waals surface area contributed by atoms with Gasteiger partial charge in [-0.1, -0.05) is 40.9 Å². The van der Waals surface area contributed by atoms with Gasteiger partial charge in [0.15, 0.2) is 11.5 Å². The highest BCUT2D eigenvalue weighted by Crippen LogP contribution is 2.38. The lowest BCUT2D eigenvalue weighted by atomic mass is 10.1. The van der Waals surface area contributed by atoms with Crippen molar-refractivity contribution in [3.63, 3.8) is 0 Å². The van der Waals surface area contributed by atoms with Crippen molar-refractivity contribution in [3.05, 3.63) is 50.5 Å². The van der Waals surface area contributed by atoms with Gasteiger partial charge in [0.25, 0.3) is 5.91 Å². The first-order valence-corrected chi connectivity index (χ1v) is 7.64. The fourth-order valence-electron chi connectivity index (χ4n) is 2.11. The van der Waals surface area contributed by atoms with E-state index in [1.807, 2.05) is 0 Å². The first-order chi connectivity index (χ1) is 11.0. The number of aromatic hydroxyl groups is 1. The molecule has 23 heavy (non-hydrogen) atoms. The van der Waals surface area contributed by atoms with Crippen molar-refractivity contribution >= 4 is 40.7 Å². The van der Waals surface area contributed by atoms with Crippen LogP contribution in [0.1, 0.15) is 15.9 Å². The maximum Gasteiger partial charge on any atom is 0.256 e. The topological polar surface area (TPSA) is 67.8 Å². The third kappa shape index (κ3) is 3.13. The highest BCUT2D eigenvalue weighted by atomic mass is 35.5. The molecule has 0 aliphatic carbocycles. The van der Waals surface area contributed by atoms with E-state index in [0.29, 0.717) is 11.5 Å². The Balaban J connectivity index is 1.78. The molecule has 0 spiro atoms. The Kier molecular flexibility index (Phi) is 4.43. The summed E-state index contributed by atoms with van der Waals surface area (Å²) in [5.74, 6) is 0.268. The smallest absolute Gasteiger partial charge is 0.256 e. The van der Waals surface area contributed by atoms with Gasteiger partial charge in [0, 0.05) is 6.54 Å². The summed E-state index contributed by atoms with van der Waals surface area (Å²) in [7, 11) is 0. The molecule has 0 atom stereocenters. The molecule has 0 radical (unpaired) electrons. The Hall–Kier alpha value is -1.82. The molecule has 1 heterocycles. The Bertz CT molecular complexity index is 769. The van der Waals surface area contributed by atoms with E-state index >= 15 is 0 Å². The maximum atomic E-state index is 12.3. The molecule has 1 aliphatic rings. The molecule has 0 unspecified atom stereocenters. The second-order valence-corrected chi connectivity index (χ2v) is 5.94. The first kappa shape index (κ1) is 16.1. The minimum absolute atomic E-state index is 0.0485. The van der Waals surface area contributed by atoms with Crippen molar-refractivity contribution in [1.29, 1.82) is 0 Å². The number of fused-ring (bicyclic) bond motifs is 1. The fraction of sp³-hybridized carbons (Fsp3) is 0.133. The minimum Gasteiger partial charge on any atom is -0.505 e. The quantitative estimate of drug-likeness (QED) is 0.797. The van der Waals surface area contributed by atoms with Crippen molar-refractivity contribution in [2.24, 2.45) is 0 Å². The Labute approximate surface area is 146 Å². The molecule has 8 heteroatoms. The normalized spacial score (nSPS) is 12.3. The number of amides is 1. The van der Waals surface area contributed by atoms with Crippen LogP contribution in [0.2, 0.25) is 15.1 Å². The standard InChI is InChI=1S/C15H10Cl3NO4/c16-8-4-9(17)14(20)12(13(8)18)15(21)19-5-7-1-2-10-11(3-7)23-6-22-10/h1-4,20H,5-6H2,(H,19,21). The molecule has 120 valence electrons. The second kappa shape index (κ2) is 6.35. The van der Waals surface area contributed by atoms with Gasteiger partial charge in [0.1, 0.15) is 11.3 Å². The average Bonchev–Trinajstić information content (AvgIpc) is 2.99. The van der Waals surface area contributed by atoms with Gasteiger partial charge >= 0.3 is 0 Å². The minimum atomic E-state index is -0.588. The van der Waals surface area contributed by atoms with Crippen LogP contribution in [0.15, 0.2) is 24.3 Å². The molecule has 1 amide bonds. The van der Waals surface area contributed by atoms with Crippen molar-refractivity contribution in [3.8, 4) is 17.2 Å². The molecule has 0 aromatic heterocycles. The largest absolute Gasteiger partial charge is 0.505 e. The summed E-state index contributed by atoms with van der Waals surface area (Å²) in [5, 5.41) is 12.5. The van der Waals surface area contributed by atoms with E-state index in [0.717, 1.165) is 5.56 Å². The first-order valence-electron chi connectivity index (χ1n) is 6.50. The van der Waals surface area contributed by atoms with Gasteiger partial charge in [-0.05, 0) is 23.8 Å². The summed E-state index contributed by atoms with van der Waals surface area (Å²) in [6.07, 6.45) is 0. The number of nitrogens with one attached hydrogen (secondary N) is 1. The summed E-state index contributed by atoms with van der Waals surface area (Å²) in [6.45, 7) is 0.380. The Morgan fingerprint density at radius 2 is 1.87 bits per heavy atom. The van der Waals surface area contributed by atoms with Gasteiger partial charge < -0.3 is 19.9 Å². The Morgan fingerprint density at radius 3 is 2.65 bits per heavy atom. The van der Waals surface area contributed by atoms with Crippen LogP contribution in [0.4, 0.5) is 0 Å². The molecule has 0 saturated heterocycles. The van der Waals surface area contributed by atoms with Gasteiger partial charge in [0.2, 0.25) is 6.79 Å². The third-order valence-corrected chi connectivity index (χ3v) is 4.34. The number of hydrogen-bond donors (Lipinski definition) is 2. The number of phenols is 1. The van der Waals surface area contributed by atoms with Crippen LogP contribution in [0.3, 0.4) is 0 Å². The number of ether oxygens (including phenoxy) is 2. The van der Waals surface area contributed by atoms with E-state index in [2.05, 4.69) is 5.32 Å². The van der Waals surface area contributed by atoms with Gasteiger partial charge in [-0.15, -0.1) is 0 Å². The lowest BCUT2D eigenvalue weighted by Gasteiger charge is -2.11. The van der Waals surface area contributed by atoms with Crippen LogP contribution in [0.5, 0.6) is 17.2 Å². The van der Waals surface area contributed by atoms with Gasteiger partial charge in [-0.3, -0.25) is 4.79 Å². The van der Waals surface area contributed by atoms with Crippen molar-refractivity contribution in [2.45, 2.75) is 6.54 Å². The highest BCUT2D eigenvalue weighted by molar-refractivity contribution is 6.45. The van der Waals surface area contributed by atoms with Crippen LogP contribution < -0.4 is 14.8 Å². The molecule has 2 aromatic rings. The number of rotatable bonds is 3. The molecule has 0 fully saturated rings. The lowest BCUT2D eigenvalue weighted by molar-refractivity contribution is 0.0948. The van der Waals surface area contributed by atoms with E-state index in [-0.39, 0.29) is 34.0 Å². The molecular weight excluding hydrogens is 365 g/mol. The zero-order valence-electron chi connectivity index (χ0n) is 11.5. The van der Waals surface area contributed by atoms with E-state index in [9.17, 15) is 9.90 Å². The molecule has 1 aliphatic heterocycles. The van der Waals surface area contributed by atoms with Crippen molar-refractivity contribution in [2.75, 3.05) is 6.79 Å². The summed E-state index contributed by atoms with van der Waals surface area (Å²) in [6, 6.07) is 6.58. The number of carbonyl (C=O) groups is 1. The van der Waals surface area contributed by atoms with Crippen LogP contribution >= 0.6 is 34.8 Å². The van der Waals surface area contributed by atoms with E-state index in [4.69, 9.17) is 44.3 Å². The van der Waals surface area contributed by atoms with Crippen molar-refractivity contribution < 1.29 is 19.4 Å². The van der Waals surface area contributed by atoms with Crippen LogP contribution in [-0.2, 0) is 6.54 Å². The summed E-state index contributed by atoms with van der Waals surface area (Å²) in [5.41, 5.74) is 0.635. The summed E-state index contributed by atoms with van der Waals surface area (Å²) >= 11 is 17.7. The summed E-state index contributed by atoms with van der Waals surface area (Å²) < 4.78 is 10.5. The number of hydrogen-bond acceptors (Lipinski definition) is 4. The molecule has 2 N–H and O–H groups in total. The second-order valence-electron chi connectivity index (χ2n) is 4.75. The fourth-order valence-corrected chi connectivity index (χ4v) is 2.81. The average molecular weight is 375 g/mol. The maximum absolute atomic E-state index is 12.3. The van der Waals surface area contributed by atoms with E-state index < -0.39 is 11.7 Å². The predicted molar refractivity (Wildman–Crippen MR) is 86.9 cm³/mol. The zero-order valence-corrected chi connectivity index (χ0v) is 13.8. The van der Waals surface area contributed by atoms with Gasteiger partial charge in [0.05, 0.1) is 15.1 Å². The number of phenolic OH excluding ortho intramolecular Hbond substituents is 1. The van der Waals surface area contributed by atoms with Crippen LogP contribution in [-0.4, -0.2) is 17.8 Å². The SMILES string of the molecule is O=C(NCc1ccc2c(c1)OCO2)c1c(O)c(Cl)cc(Cl)c1Cl. The number of benzene rings is 2. The van der Waals surface area contributed by atoms with Crippen LogP contribution in [0, 0.1) is 0 Å². The molecule has 0 saturated carbocycles. The molecule has 3 rings (SSSR count). The highest BCUT2D eigenvalue weighted by Gasteiger charge is 2.21. The predicted octanol–water partition coefficient (Wildman–Crippen LogP) is 4.01.